The molecule has 1 aliphatic rings. The number of hydrogen-bond donors (Lipinski definition) is 0. The molecule has 1 atom stereocenters. The Labute approximate surface area is 126 Å². The minimum absolute atomic E-state index is 0.0190. The number of hydrogen-bond acceptors (Lipinski definition) is 3. The van der Waals surface area contributed by atoms with Crippen molar-refractivity contribution in [2.45, 2.75) is 13.0 Å². The summed E-state index contributed by atoms with van der Waals surface area (Å²) in [6.45, 7) is -0.0674. The normalized spacial score (nSPS) is 16.5. The Kier molecular flexibility index (Phi) is 4.04. The maximum absolute atomic E-state index is 13.5. The number of benzene rings is 2. The molecule has 0 fully saturated rings. The average Bonchev–Trinajstić information content (AvgIpc) is 2.55. The summed E-state index contributed by atoms with van der Waals surface area (Å²) in [6, 6.07) is 11.3. The largest absolute Gasteiger partial charge is 0.492 e. The predicted molar refractivity (Wildman–Crippen MR) is 75.3 cm³/mol. The summed E-state index contributed by atoms with van der Waals surface area (Å²) in [6.07, 6.45) is 0.515. The fraction of sp³-hybridized carbons (Fsp3) is 0.235. The van der Waals surface area contributed by atoms with Crippen molar-refractivity contribution in [2.75, 3.05) is 6.61 Å². The molecule has 114 valence electrons. The Morgan fingerprint density at radius 1 is 1.18 bits per heavy atom. The van der Waals surface area contributed by atoms with E-state index in [2.05, 4.69) is 0 Å². The molecular weight excluding hydrogens is 290 g/mol. The third-order valence-electron chi connectivity index (χ3n) is 3.61. The van der Waals surface area contributed by atoms with Crippen LogP contribution in [-0.4, -0.2) is 12.6 Å². The Morgan fingerprint density at radius 2 is 2.00 bits per heavy atom. The van der Waals surface area contributed by atoms with Gasteiger partial charge in [0.2, 0.25) is 0 Å². The van der Waals surface area contributed by atoms with Crippen LogP contribution in [0.5, 0.6) is 5.75 Å². The first-order valence-electron chi connectivity index (χ1n) is 6.95. The number of ether oxygens (including phenoxy) is 2. The van der Waals surface area contributed by atoms with Crippen molar-refractivity contribution in [3.8, 4) is 5.75 Å². The lowest BCUT2D eigenvalue weighted by Gasteiger charge is -2.23. The number of carbonyl (C=O) groups excluding carboxylic acids is 1. The summed E-state index contributed by atoms with van der Waals surface area (Å²) >= 11 is 0. The van der Waals surface area contributed by atoms with E-state index in [0.717, 1.165) is 17.4 Å². The Bertz CT molecular complexity index is 700. The number of fused-ring (bicyclic) bond motifs is 1. The molecule has 3 rings (SSSR count). The number of para-hydroxylation sites is 1. The molecule has 0 aromatic heterocycles. The van der Waals surface area contributed by atoms with Gasteiger partial charge in [-0.05, 0) is 24.1 Å². The van der Waals surface area contributed by atoms with E-state index >= 15 is 0 Å². The second-order valence-electron chi connectivity index (χ2n) is 5.14. The lowest BCUT2D eigenvalue weighted by molar-refractivity contribution is -0.151. The summed E-state index contributed by atoms with van der Waals surface area (Å²) < 4.78 is 37.2. The molecule has 0 saturated carbocycles. The van der Waals surface area contributed by atoms with Crippen LogP contribution >= 0.6 is 0 Å². The molecule has 3 nitrogen and oxygen atoms in total. The van der Waals surface area contributed by atoms with Gasteiger partial charge in [0, 0.05) is 5.56 Å². The highest BCUT2D eigenvalue weighted by Crippen LogP contribution is 2.27. The zero-order chi connectivity index (χ0) is 15.5. The first kappa shape index (κ1) is 14.5. The van der Waals surface area contributed by atoms with Crippen LogP contribution in [0, 0.1) is 17.6 Å². The van der Waals surface area contributed by atoms with Crippen LogP contribution in [0.25, 0.3) is 0 Å². The summed E-state index contributed by atoms with van der Waals surface area (Å²) in [5.41, 5.74) is 0.957. The molecule has 1 unspecified atom stereocenters. The highest BCUT2D eigenvalue weighted by atomic mass is 19.2. The van der Waals surface area contributed by atoms with Crippen LogP contribution in [0.1, 0.15) is 11.1 Å². The van der Waals surface area contributed by atoms with Gasteiger partial charge in [-0.25, -0.2) is 8.78 Å². The molecule has 0 radical (unpaired) electrons. The van der Waals surface area contributed by atoms with Gasteiger partial charge in [-0.2, -0.15) is 0 Å². The van der Waals surface area contributed by atoms with Crippen molar-refractivity contribution in [3.05, 3.63) is 65.2 Å². The minimum Gasteiger partial charge on any atom is -0.492 e. The van der Waals surface area contributed by atoms with Crippen LogP contribution in [0.4, 0.5) is 8.78 Å². The smallest absolute Gasteiger partial charge is 0.313 e. The molecule has 1 heterocycles. The highest BCUT2D eigenvalue weighted by Gasteiger charge is 2.27. The van der Waals surface area contributed by atoms with Crippen LogP contribution in [0.15, 0.2) is 42.5 Å². The molecule has 0 amide bonds. The van der Waals surface area contributed by atoms with Gasteiger partial charge >= 0.3 is 5.97 Å². The van der Waals surface area contributed by atoms with Crippen LogP contribution < -0.4 is 4.74 Å². The van der Waals surface area contributed by atoms with E-state index in [1.165, 1.54) is 12.1 Å². The van der Waals surface area contributed by atoms with Crippen LogP contribution in [0.2, 0.25) is 0 Å². The van der Waals surface area contributed by atoms with E-state index in [1.807, 2.05) is 24.3 Å². The SMILES string of the molecule is O=C(OCc1cccc(F)c1F)C1COc2ccccc2C1. The molecule has 0 spiro atoms. The summed E-state index contributed by atoms with van der Waals surface area (Å²) in [4.78, 5) is 12.1. The van der Waals surface area contributed by atoms with Gasteiger partial charge in [0.1, 0.15) is 19.0 Å². The zero-order valence-electron chi connectivity index (χ0n) is 11.7. The Hall–Kier alpha value is -2.43. The van der Waals surface area contributed by atoms with Crippen molar-refractivity contribution in [3.63, 3.8) is 0 Å². The molecule has 5 heteroatoms. The maximum Gasteiger partial charge on any atom is 0.313 e. The van der Waals surface area contributed by atoms with Gasteiger partial charge in [0.15, 0.2) is 11.6 Å². The molecule has 1 aliphatic heterocycles. The molecule has 0 saturated heterocycles. The maximum atomic E-state index is 13.5. The summed E-state index contributed by atoms with van der Waals surface area (Å²) in [5, 5.41) is 0. The lowest BCUT2D eigenvalue weighted by Crippen LogP contribution is -2.29. The first-order valence-corrected chi connectivity index (χ1v) is 6.95. The van der Waals surface area contributed by atoms with E-state index in [9.17, 15) is 13.6 Å². The number of halogens is 2. The highest BCUT2D eigenvalue weighted by molar-refractivity contribution is 5.73. The van der Waals surface area contributed by atoms with E-state index in [4.69, 9.17) is 9.47 Å². The summed E-state index contributed by atoms with van der Waals surface area (Å²) in [7, 11) is 0. The standard InChI is InChI=1S/C17H14F2O3/c18-14-6-3-5-12(16(14)19)9-22-17(20)13-8-11-4-1-2-7-15(11)21-10-13/h1-7,13H,8-10H2. The molecule has 2 aromatic carbocycles. The molecule has 0 aliphatic carbocycles. The summed E-state index contributed by atoms with van der Waals surface area (Å²) in [5.74, 6) is -2.09. The zero-order valence-corrected chi connectivity index (χ0v) is 11.7. The third-order valence-corrected chi connectivity index (χ3v) is 3.61. The second kappa shape index (κ2) is 6.13. The van der Waals surface area contributed by atoms with Crippen molar-refractivity contribution in [2.24, 2.45) is 5.92 Å². The number of rotatable bonds is 3. The Morgan fingerprint density at radius 3 is 2.86 bits per heavy atom. The van der Waals surface area contributed by atoms with Gasteiger partial charge in [0.25, 0.3) is 0 Å². The lowest BCUT2D eigenvalue weighted by atomic mass is 9.97. The van der Waals surface area contributed by atoms with Crippen LogP contribution in [-0.2, 0) is 22.6 Å². The number of carbonyl (C=O) groups is 1. The van der Waals surface area contributed by atoms with Gasteiger partial charge in [0.05, 0.1) is 5.92 Å². The topological polar surface area (TPSA) is 35.5 Å². The van der Waals surface area contributed by atoms with Gasteiger partial charge in [-0.3, -0.25) is 4.79 Å². The second-order valence-corrected chi connectivity index (χ2v) is 5.14. The third kappa shape index (κ3) is 2.93. The van der Waals surface area contributed by atoms with Gasteiger partial charge < -0.3 is 9.47 Å². The first-order chi connectivity index (χ1) is 10.6. The predicted octanol–water partition coefficient (Wildman–Crippen LogP) is 3.26. The minimum atomic E-state index is -0.986. The quantitative estimate of drug-likeness (QED) is 0.817. The Balaban J connectivity index is 1.63. The van der Waals surface area contributed by atoms with Crippen LogP contribution in [0.3, 0.4) is 0 Å². The molecule has 0 N–H and O–H groups in total. The van der Waals surface area contributed by atoms with E-state index in [-0.39, 0.29) is 18.8 Å². The number of esters is 1. The van der Waals surface area contributed by atoms with E-state index < -0.39 is 23.5 Å². The molecule has 2 aromatic rings. The fourth-order valence-corrected chi connectivity index (χ4v) is 2.41. The van der Waals surface area contributed by atoms with Crippen molar-refractivity contribution in [1.29, 1.82) is 0 Å². The van der Waals surface area contributed by atoms with Crippen molar-refractivity contribution in [1.82, 2.24) is 0 Å². The molecule has 22 heavy (non-hydrogen) atoms. The molecular formula is C17H14F2O3. The molecule has 0 bridgehead atoms. The van der Waals surface area contributed by atoms with Gasteiger partial charge in [-0.1, -0.05) is 30.3 Å². The van der Waals surface area contributed by atoms with Crippen molar-refractivity contribution >= 4 is 5.97 Å². The van der Waals surface area contributed by atoms with Gasteiger partial charge in [-0.15, -0.1) is 0 Å². The monoisotopic (exact) mass is 304 g/mol. The average molecular weight is 304 g/mol. The van der Waals surface area contributed by atoms with E-state index in [1.54, 1.807) is 0 Å². The fourth-order valence-electron chi connectivity index (χ4n) is 2.41. The van der Waals surface area contributed by atoms with Crippen molar-refractivity contribution < 1.29 is 23.0 Å². The van der Waals surface area contributed by atoms with E-state index in [0.29, 0.717) is 6.42 Å².